The van der Waals surface area contributed by atoms with Crippen LogP contribution in [0.25, 0.3) is 0 Å². The fourth-order valence-electron chi connectivity index (χ4n) is 1.94. The summed E-state index contributed by atoms with van der Waals surface area (Å²) >= 11 is 0. The van der Waals surface area contributed by atoms with Gasteiger partial charge in [-0.25, -0.2) is 9.37 Å². The van der Waals surface area contributed by atoms with Gasteiger partial charge in [-0.15, -0.1) is 0 Å². The molecule has 2 N–H and O–H groups in total. The Kier molecular flexibility index (Phi) is 4.34. The van der Waals surface area contributed by atoms with E-state index in [4.69, 9.17) is 5.73 Å². The zero-order valence-corrected chi connectivity index (χ0v) is 11.0. The Morgan fingerprint density at radius 3 is 2.47 bits per heavy atom. The quantitative estimate of drug-likeness (QED) is 0.838. The molecule has 0 saturated carbocycles. The molecule has 1 aromatic heterocycles. The summed E-state index contributed by atoms with van der Waals surface area (Å²) < 4.78 is 12.9. The maximum atomic E-state index is 12.9. The van der Waals surface area contributed by atoms with Crippen molar-refractivity contribution >= 4 is 11.5 Å². The van der Waals surface area contributed by atoms with E-state index in [1.807, 2.05) is 24.3 Å². The second kappa shape index (κ2) is 6.18. The number of rotatable bonds is 5. The number of nitrogen functional groups attached to an aromatic ring is 1. The molecule has 2 aromatic rings. The minimum atomic E-state index is -0.312. The van der Waals surface area contributed by atoms with E-state index in [2.05, 4.69) is 16.8 Å². The third kappa shape index (κ3) is 3.68. The third-order valence-electron chi connectivity index (χ3n) is 2.88. The van der Waals surface area contributed by atoms with Crippen molar-refractivity contribution in [3.05, 3.63) is 54.0 Å². The van der Waals surface area contributed by atoms with Gasteiger partial charge in [0.15, 0.2) is 0 Å². The summed E-state index contributed by atoms with van der Waals surface area (Å²) in [4.78, 5) is 6.27. The number of hydrogen-bond donors (Lipinski definition) is 1. The summed E-state index contributed by atoms with van der Waals surface area (Å²) in [6, 6.07) is 10.9. The molecule has 100 valence electrons. The van der Waals surface area contributed by atoms with Crippen LogP contribution in [0.5, 0.6) is 0 Å². The Labute approximate surface area is 112 Å². The molecule has 19 heavy (non-hydrogen) atoms. The van der Waals surface area contributed by atoms with E-state index in [-0.39, 0.29) is 5.82 Å². The van der Waals surface area contributed by atoms with Gasteiger partial charge >= 0.3 is 0 Å². The monoisotopic (exact) mass is 259 g/mol. The van der Waals surface area contributed by atoms with Gasteiger partial charge in [-0.2, -0.15) is 0 Å². The standard InChI is InChI=1S/C15H18FN3/c1-2-9-19(15-8-5-13(16)10-18-15)11-12-3-6-14(17)7-4-12/h3-8,10H,2,9,11,17H2,1H3. The van der Waals surface area contributed by atoms with E-state index >= 15 is 0 Å². The van der Waals surface area contributed by atoms with Crippen LogP contribution in [-0.4, -0.2) is 11.5 Å². The lowest BCUT2D eigenvalue weighted by atomic mass is 10.2. The van der Waals surface area contributed by atoms with Crippen molar-refractivity contribution in [2.75, 3.05) is 17.2 Å². The Balaban J connectivity index is 2.15. The molecular formula is C15H18FN3. The fourth-order valence-corrected chi connectivity index (χ4v) is 1.94. The van der Waals surface area contributed by atoms with E-state index in [1.165, 1.54) is 12.3 Å². The molecule has 0 atom stereocenters. The zero-order valence-electron chi connectivity index (χ0n) is 11.0. The Morgan fingerprint density at radius 1 is 1.16 bits per heavy atom. The van der Waals surface area contributed by atoms with Crippen LogP contribution in [0.1, 0.15) is 18.9 Å². The summed E-state index contributed by atoms with van der Waals surface area (Å²) in [6.45, 7) is 3.73. The molecule has 0 aliphatic heterocycles. The van der Waals surface area contributed by atoms with Crippen LogP contribution in [0, 0.1) is 5.82 Å². The fraction of sp³-hybridized carbons (Fsp3) is 0.267. The summed E-state index contributed by atoms with van der Waals surface area (Å²) in [5.74, 6) is 0.479. The van der Waals surface area contributed by atoms with E-state index in [0.717, 1.165) is 36.6 Å². The zero-order chi connectivity index (χ0) is 13.7. The maximum Gasteiger partial charge on any atom is 0.141 e. The molecule has 0 aliphatic rings. The molecule has 0 amide bonds. The second-order valence-electron chi connectivity index (χ2n) is 4.50. The van der Waals surface area contributed by atoms with Gasteiger partial charge in [0, 0.05) is 18.8 Å². The van der Waals surface area contributed by atoms with E-state index < -0.39 is 0 Å². The number of hydrogen-bond acceptors (Lipinski definition) is 3. The van der Waals surface area contributed by atoms with Crippen molar-refractivity contribution in [1.82, 2.24) is 4.98 Å². The van der Waals surface area contributed by atoms with Gasteiger partial charge in [-0.1, -0.05) is 19.1 Å². The topological polar surface area (TPSA) is 42.1 Å². The maximum absolute atomic E-state index is 12.9. The van der Waals surface area contributed by atoms with Crippen LogP contribution in [0.15, 0.2) is 42.6 Å². The third-order valence-corrected chi connectivity index (χ3v) is 2.88. The number of nitrogens with two attached hydrogens (primary N) is 1. The predicted molar refractivity (Wildman–Crippen MR) is 76.4 cm³/mol. The molecule has 0 spiro atoms. The van der Waals surface area contributed by atoms with Gasteiger partial charge in [0.2, 0.25) is 0 Å². The van der Waals surface area contributed by atoms with Crippen molar-refractivity contribution in [2.24, 2.45) is 0 Å². The van der Waals surface area contributed by atoms with Crippen LogP contribution in [-0.2, 0) is 6.54 Å². The molecule has 1 aromatic carbocycles. The molecular weight excluding hydrogens is 241 g/mol. The van der Waals surface area contributed by atoms with E-state index in [0.29, 0.717) is 0 Å². The smallest absolute Gasteiger partial charge is 0.141 e. The predicted octanol–water partition coefficient (Wildman–Crippen LogP) is 3.22. The summed E-state index contributed by atoms with van der Waals surface area (Å²) in [6.07, 6.45) is 2.26. The van der Waals surface area contributed by atoms with Gasteiger partial charge in [-0.05, 0) is 36.2 Å². The normalized spacial score (nSPS) is 10.4. The minimum Gasteiger partial charge on any atom is -0.399 e. The number of benzene rings is 1. The lowest BCUT2D eigenvalue weighted by Gasteiger charge is -2.23. The average molecular weight is 259 g/mol. The second-order valence-corrected chi connectivity index (χ2v) is 4.50. The van der Waals surface area contributed by atoms with Crippen molar-refractivity contribution in [3.8, 4) is 0 Å². The first-order chi connectivity index (χ1) is 9.19. The number of pyridine rings is 1. The van der Waals surface area contributed by atoms with Crippen LogP contribution >= 0.6 is 0 Å². The van der Waals surface area contributed by atoms with Gasteiger partial charge in [0.25, 0.3) is 0 Å². The van der Waals surface area contributed by atoms with Gasteiger partial charge in [0.1, 0.15) is 11.6 Å². The summed E-state index contributed by atoms with van der Waals surface area (Å²) in [7, 11) is 0. The van der Waals surface area contributed by atoms with Gasteiger partial charge in [0.05, 0.1) is 6.20 Å². The van der Waals surface area contributed by atoms with Crippen molar-refractivity contribution < 1.29 is 4.39 Å². The molecule has 1 heterocycles. The number of nitrogens with zero attached hydrogens (tertiary/aromatic N) is 2. The molecule has 3 nitrogen and oxygen atoms in total. The highest BCUT2D eigenvalue weighted by molar-refractivity contribution is 5.43. The highest BCUT2D eigenvalue weighted by atomic mass is 19.1. The average Bonchev–Trinajstić information content (AvgIpc) is 2.42. The molecule has 0 fully saturated rings. The molecule has 0 saturated heterocycles. The van der Waals surface area contributed by atoms with Crippen molar-refractivity contribution in [2.45, 2.75) is 19.9 Å². The first-order valence-corrected chi connectivity index (χ1v) is 6.40. The summed E-state index contributed by atoms with van der Waals surface area (Å²) in [5, 5.41) is 0. The van der Waals surface area contributed by atoms with Crippen LogP contribution in [0.4, 0.5) is 15.9 Å². The van der Waals surface area contributed by atoms with Crippen LogP contribution in [0.3, 0.4) is 0 Å². The molecule has 0 bridgehead atoms. The number of aromatic nitrogens is 1. The van der Waals surface area contributed by atoms with E-state index in [9.17, 15) is 4.39 Å². The molecule has 2 rings (SSSR count). The number of anilines is 2. The molecule has 0 radical (unpaired) electrons. The Hall–Kier alpha value is -2.10. The van der Waals surface area contributed by atoms with Crippen LogP contribution in [0.2, 0.25) is 0 Å². The minimum absolute atomic E-state index is 0.312. The Bertz CT molecular complexity index is 508. The highest BCUT2D eigenvalue weighted by Crippen LogP contribution is 2.16. The van der Waals surface area contributed by atoms with Crippen LogP contribution < -0.4 is 10.6 Å². The number of halogens is 1. The largest absolute Gasteiger partial charge is 0.399 e. The Morgan fingerprint density at radius 2 is 1.89 bits per heavy atom. The first-order valence-electron chi connectivity index (χ1n) is 6.40. The first kappa shape index (κ1) is 13.3. The van der Waals surface area contributed by atoms with Gasteiger partial charge < -0.3 is 10.6 Å². The highest BCUT2D eigenvalue weighted by Gasteiger charge is 2.08. The summed E-state index contributed by atoms with van der Waals surface area (Å²) in [5.41, 5.74) is 7.59. The SMILES string of the molecule is CCCN(Cc1ccc(N)cc1)c1ccc(F)cn1. The lowest BCUT2D eigenvalue weighted by molar-refractivity contribution is 0.619. The van der Waals surface area contributed by atoms with Crippen molar-refractivity contribution in [3.63, 3.8) is 0 Å². The molecule has 0 unspecified atom stereocenters. The van der Waals surface area contributed by atoms with E-state index in [1.54, 1.807) is 6.07 Å². The van der Waals surface area contributed by atoms with Gasteiger partial charge in [-0.3, -0.25) is 0 Å². The molecule has 4 heteroatoms. The molecule has 0 aliphatic carbocycles. The lowest BCUT2D eigenvalue weighted by Crippen LogP contribution is -2.24. The van der Waals surface area contributed by atoms with Crippen molar-refractivity contribution in [1.29, 1.82) is 0 Å².